The quantitative estimate of drug-likeness (QED) is 0.895. The fourth-order valence-electron chi connectivity index (χ4n) is 1.28. The van der Waals surface area contributed by atoms with Gasteiger partial charge in [-0.1, -0.05) is 18.5 Å². The molecule has 0 saturated heterocycles. The van der Waals surface area contributed by atoms with E-state index >= 15 is 0 Å². The molecule has 2 rings (SSSR count). The molecule has 0 fully saturated rings. The van der Waals surface area contributed by atoms with Crippen LogP contribution in [0, 0.1) is 0 Å². The summed E-state index contributed by atoms with van der Waals surface area (Å²) in [7, 11) is 0. The lowest BCUT2D eigenvalue weighted by Gasteiger charge is -1.98. The molecular formula is C10H11ClN2OS. The molecule has 0 bridgehead atoms. The minimum atomic E-state index is 0.720. The molecule has 5 heteroatoms. The van der Waals surface area contributed by atoms with Gasteiger partial charge in [0.25, 0.3) is 0 Å². The van der Waals surface area contributed by atoms with Crippen LogP contribution in [-0.4, -0.2) is 11.5 Å². The molecular weight excluding hydrogens is 232 g/mol. The number of aromatic nitrogens is 1. The van der Waals surface area contributed by atoms with Crippen molar-refractivity contribution in [3.63, 3.8) is 0 Å². The molecule has 0 aromatic carbocycles. The van der Waals surface area contributed by atoms with E-state index in [4.69, 9.17) is 16.0 Å². The highest BCUT2D eigenvalue weighted by Crippen LogP contribution is 2.32. The van der Waals surface area contributed by atoms with Crippen molar-refractivity contribution in [1.29, 1.82) is 0 Å². The van der Waals surface area contributed by atoms with Gasteiger partial charge in [-0.25, -0.2) is 4.98 Å². The molecule has 2 aromatic heterocycles. The van der Waals surface area contributed by atoms with Crippen molar-refractivity contribution in [3.05, 3.63) is 28.6 Å². The molecule has 0 aliphatic carbocycles. The van der Waals surface area contributed by atoms with E-state index in [0.717, 1.165) is 33.8 Å². The van der Waals surface area contributed by atoms with Gasteiger partial charge in [0.05, 0.1) is 9.21 Å². The van der Waals surface area contributed by atoms with Crippen molar-refractivity contribution in [2.24, 2.45) is 0 Å². The molecule has 80 valence electrons. The average Bonchev–Trinajstić information content (AvgIpc) is 2.82. The Morgan fingerprint density at radius 1 is 1.53 bits per heavy atom. The third kappa shape index (κ3) is 2.40. The number of oxazole rings is 1. The van der Waals surface area contributed by atoms with Crippen molar-refractivity contribution in [3.8, 4) is 10.6 Å². The highest BCUT2D eigenvalue weighted by molar-refractivity contribution is 7.19. The molecule has 15 heavy (non-hydrogen) atoms. The Balaban J connectivity index is 2.24. The summed E-state index contributed by atoms with van der Waals surface area (Å²) in [6, 6.07) is 3.81. The fraction of sp³-hybridized carbons (Fsp3) is 0.300. The Kier molecular flexibility index (Phi) is 3.41. The smallest absolute Gasteiger partial charge is 0.181 e. The molecule has 0 amide bonds. The largest absolute Gasteiger partial charge is 0.442 e. The van der Waals surface area contributed by atoms with Gasteiger partial charge < -0.3 is 9.73 Å². The second kappa shape index (κ2) is 4.79. The zero-order valence-corrected chi connectivity index (χ0v) is 9.86. The van der Waals surface area contributed by atoms with Crippen LogP contribution in [0.1, 0.15) is 12.6 Å². The van der Waals surface area contributed by atoms with E-state index in [1.54, 1.807) is 0 Å². The number of thiophene rings is 1. The maximum absolute atomic E-state index is 5.87. The van der Waals surface area contributed by atoms with Crippen molar-refractivity contribution in [1.82, 2.24) is 10.3 Å². The van der Waals surface area contributed by atoms with Crippen LogP contribution in [0.25, 0.3) is 10.6 Å². The first-order valence-corrected chi connectivity index (χ1v) is 5.89. The molecule has 0 spiro atoms. The Bertz CT molecular complexity index is 438. The third-order valence-corrected chi connectivity index (χ3v) is 3.21. The first-order valence-electron chi connectivity index (χ1n) is 4.70. The molecule has 3 nitrogen and oxygen atoms in total. The van der Waals surface area contributed by atoms with Gasteiger partial charge in [0.1, 0.15) is 5.69 Å². The van der Waals surface area contributed by atoms with Crippen molar-refractivity contribution < 1.29 is 4.42 Å². The van der Waals surface area contributed by atoms with Gasteiger partial charge in [-0.2, -0.15) is 0 Å². The summed E-state index contributed by atoms with van der Waals surface area (Å²) in [5.41, 5.74) is 0.926. The van der Waals surface area contributed by atoms with E-state index in [2.05, 4.69) is 17.2 Å². The first-order chi connectivity index (χ1) is 7.31. The van der Waals surface area contributed by atoms with Crippen LogP contribution in [0.4, 0.5) is 0 Å². The summed E-state index contributed by atoms with van der Waals surface area (Å²) >= 11 is 7.37. The molecule has 0 aliphatic rings. The summed E-state index contributed by atoms with van der Waals surface area (Å²) in [6.45, 7) is 3.69. The summed E-state index contributed by atoms with van der Waals surface area (Å²) in [4.78, 5) is 5.19. The highest BCUT2D eigenvalue weighted by Gasteiger charge is 2.11. The maximum atomic E-state index is 5.87. The SMILES string of the molecule is CCNCc1ncoc1-c1ccc(Cl)s1. The standard InChI is InChI=1S/C10H11ClN2OS/c1-2-12-5-7-10(14-6-13-7)8-3-4-9(11)15-8/h3-4,6,12H,2,5H2,1H3. The van der Waals surface area contributed by atoms with Gasteiger partial charge in [-0.3, -0.25) is 0 Å². The Labute approximate surface area is 97.1 Å². The molecule has 0 saturated carbocycles. The lowest BCUT2D eigenvalue weighted by molar-refractivity contribution is 0.571. The minimum Gasteiger partial charge on any atom is -0.442 e. The summed E-state index contributed by atoms with van der Waals surface area (Å²) < 4.78 is 6.12. The molecule has 2 aromatic rings. The maximum Gasteiger partial charge on any atom is 0.181 e. The van der Waals surface area contributed by atoms with Gasteiger partial charge in [-0.05, 0) is 18.7 Å². The summed E-state index contributed by atoms with van der Waals surface area (Å²) in [5, 5.41) is 3.22. The summed E-state index contributed by atoms with van der Waals surface area (Å²) in [5.74, 6) is 0.813. The molecule has 0 unspecified atom stereocenters. The van der Waals surface area contributed by atoms with Crippen molar-refractivity contribution >= 4 is 22.9 Å². The average molecular weight is 243 g/mol. The number of nitrogens with one attached hydrogen (secondary N) is 1. The van der Waals surface area contributed by atoms with Crippen LogP contribution >= 0.6 is 22.9 Å². The predicted molar refractivity (Wildman–Crippen MR) is 62.2 cm³/mol. The van der Waals surface area contributed by atoms with E-state index in [1.807, 2.05) is 12.1 Å². The van der Waals surface area contributed by atoms with E-state index in [-0.39, 0.29) is 0 Å². The Morgan fingerprint density at radius 3 is 3.07 bits per heavy atom. The van der Waals surface area contributed by atoms with Crippen LogP contribution in [0.3, 0.4) is 0 Å². The van der Waals surface area contributed by atoms with Gasteiger partial charge >= 0.3 is 0 Å². The van der Waals surface area contributed by atoms with E-state index in [0.29, 0.717) is 0 Å². The first kappa shape index (κ1) is 10.7. The number of nitrogens with zero attached hydrogens (tertiary/aromatic N) is 1. The number of hydrogen-bond acceptors (Lipinski definition) is 4. The monoisotopic (exact) mass is 242 g/mol. The predicted octanol–water partition coefficient (Wildman–Crippen LogP) is 3.17. The van der Waals surface area contributed by atoms with E-state index < -0.39 is 0 Å². The number of halogens is 1. The van der Waals surface area contributed by atoms with E-state index in [9.17, 15) is 0 Å². The lowest BCUT2D eigenvalue weighted by Crippen LogP contribution is -2.12. The molecule has 0 radical (unpaired) electrons. The van der Waals surface area contributed by atoms with E-state index in [1.165, 1.54) is 17.7 Å². The van der Waals surface area contributed by atoms with Crippen molar-refractivity contribution in [2.45, 2.75) is 13.5 Å². The molecule has 1 N–H and O–H groups in total. The second-order valence-electron chi connectivity index (χ2n) is 3.01. The van der Waals surface area contributed by atoms with Crippen LogP contribution in [0.5, 0.6) is 0 Å². The topological polar surface area (TPSA) is 38.1 Å². The third-order valence-electron chi connectivity index (χ3n) is 1.98. The second-order valence-corrected chi connectivity index (χ2v) is 4.73. The van der Waals surface area contributed by atoms with Gasteiger partial charge in [-0.15, -0.1) is 11.3 Å². The van der Waals surface area contributed by atoms with Crippen LogP contribution in [-0.2, 0) is 6.54 Å². The number of rotatable bonds is 4. The fourth-order valence-corrected chi connectivity index (χ4v) is 2.33. The zero-order chi connectivity index (χ0) is 10.7. The summed E-state index contributed by atoms with van der Waals surface area (Å²) in [6.07, 6.45) is 1.47. The van der Waals surface area contributed by atoms with Crippen molar-refractivity contribution in [2.75, 3.05) is 6.54 Å². The highest BCUT2D eigenvalue weighted by atomic mass is 35.5. The number of hydrogen-bond donors (Lipinski definition) is 1. The normalized spacial score (nSPS) is 10.8. The van der Waals surface area contributed by atoms with Gasteiger partial charge in [0.15, 0.2) is 12.2 Å². The molecule has 0 aliphatic heterocycles. The van der Waals surface area contributed by atoms with Crippen LogP contribution < -0.4 is 5.32 Å². The molecule has 2 heterocycles. The Hall–Kier alpha value is -0.840. The van der Waals surface area contributed by atoms with Gasteiger partial charge in [0.2, 0.25) is 0 Å². The van der Waals surface area contributed by atoms with Gasteiger partial charge in [0, 0.05) is 6.54 Å². The lowest BCUT2D eigenvalue weighted by atomic mass is 10.3. The van der Waals surface area contributed by atoms with Crippen LogP contribution in [0.15, 0.2) is 22.9 Å². The van der Waals surface area contributed by atoms with Crippen LogP contribution in [0.2, 0.25) is 4.34 Å². The Morgan fingerprint density at radius 2 is 2.40 bits per heavy atom. The minimum absolute atomic E-state index is 0.720. The molecule has 0 atom stereocenters. The zero-order valence-electron chi connectivity index (χ0n) is 8.29.